The monoisotopic (exact) mass is 465 g/mol. The first-order chi connectivity index (χ1) is 15.8. The van der Waals surface area contributed by atoms with Crippen LogP contribution in [0.2, 0.25) is 0 Å². The van der Waals surface area contributed by atoms with Gasteiger partial charge >= 0.3 is 6.18 Å². The Bertz CT molecular complexity index is 1350. The number of hydrogen-bond acceptors (Lipinski definition) is 5. The second kappa shape index (κ2) is 9.10. The minimum absolute atomic E-state index is 0.0229. The van der Waals surface area contributed by atoms with Gasteiger partial charge in [0.05, 0.1) is 34.0 Å². The van der Waals surface area contributed by atoms with Crippen LogP contribution in [0.4, 0.5) is 13.2 Å². The fraction of sp³-hybridized carbons (Fsp3) is 0.0435. The molecule has 4 rings (SSSR count). The van der Waals surface area contributed by atoms with Gasteiger partial charge in [0, 0.05) is 0 Å². The summed E-state index contributed by atoms with van der Waals surface area (Å²) >= 11 is 1.39. The quantitative estimate of drug-likeness (QED) is 0.323. The van der Waals surface area contributed by atoms with E-state index < -0.39 is 17.6 Å². The van der Waals surface area contributed by atoms with Crippen molar-refractivity contribution in [2.24, 2.45) is 5.10 Å². The van der Waals surface area contributed by atoms with Gasteiger partial charge in [0.25, 0.3) is 5.91 Å². The summed E-state index contributed by atoms with van der Waals surface area (Å²) in [7, 11) is 0. The highest BCUT2D eigenvalue weighted by Crippen LogP contribution is 2.31. The molecule has 0 saturated carbocycles. The summed E-state index contributed by atoms with van der Waals surface area (Å²) < 4.78 is 40.8. The standard InChI is InChI=1S/C23H14F3N5OS/c24-23(25,26)17-3-1-4-18(11-17)31-20(12-19(30-31)21-5-2-10-33-21)22(32)29-28-14-16-8-6-15(13-27)7-9-16/h1-12,14H,(H,29,32). The van der Waals surface area contributed by atoms with Crippen molar-refractivity contribution in [2.75, 3.05) is 0 Å². The van der Waals surface area contributed by atoms with Gasteiger partial charge in [-0.2, -0.15) is 28.6 Å². The highest BCUT2D eigenvalue weighted by molar-refractivity contribution is 7.13. The van der Waals surface area contributed by atoms with Crippen LogP contribution in [0.1, 0.15) is 27.2 Å². The van der Waals surface area contributed by atoms with Crippen LogP contribution < -0.4 is 5.43 Å². The molecule has 1 N–H and O–H groups in total. The molecule has 33 heavy (non-hydrogen) atoms. The number of nitrogens with one attached hydrogen (secondary N) is 1. The van der Waals surface area contributed by atoms with Gasteiger partial charge in [-0.1, -0.05) is 24.3 Å². The Morgan fingerprint density at radius 1 is 1.12 bits per heavy atom. The molecule has 0 spiro atoms. The van der Waals surface area contributed by atoms with Gasteiger partial charge in [0.15, 0.2) is 0 Å². The molecule has 2 heterocycles. The third-order valence-corrected chi connectivity index (χ3v) is 5.45. The summed E-state index contributed by atoms with van der Waals surface area (Å²) in [5.41, 5.74) is 3.23. The number of hydrogen-bond donors (Lipinski definition) is 1. The Hall–Kier alpha value is -4.23. The predicted molar refractivity (Wildman–Crippen MR) is 118 cm³/mol. The summed E-state index contributed by atoms with van der Waals surface area (Å²) in [5, 5.41) is 19.0. The first-order valence-electron chi connectivity index (χ1n) is 9.50. The number of nitriles is 1. The molecular formula is C23H14F3N5OS. The number of rotatable bonds is 5. The Balaban J connectivity index is 1.66. The molecular weight excluding hydrogens is 451 g/mol. The molecule has 0 bridgehead atoms. The number of carbonyl (C=O) groups is 1. The molecule has 4 aromatic rings. The molecule has 2 aromatic carbocycles. The molecule has 0 radical (unpaired) electrons. The van der Waals surface area contributed by atoms with Crippen molar-refractivity contribution in [3.05, 3.63) is 94.5 Å². The smallest absolute Gasteiger partial charge is 0.266 e. The molecule has 0 atom stereocenters. The highest BCUT2D eigenvalue weighted by Gasteiger charge is 2.31. The van der Waals surface area contributed by atoms with E-state index in [0.717, 1.165) is 21.7 Å². The number of halogens is 3. The largest absolute Gasteiger partial charge is 0.416 e. The Morgan fingerprint density at radius 2 is 1.91 bits per heavy atom. The molecule has 2 aromatic heterocycles. The molecule has 0 aliphatic rings. The maximum atomic E-state index is 13.2. The van der Waals surface area contributed by atoms with Crippen LogP contribution in [-0.2, 0) is 6.18 Å². The lowest BCUT2D eigenvalue weighted by Gasteiger charge is -2.10. The molecule has 0 saturated heterocycles. The zero-order valence-electron chi connectivity index (χ0n) is 16.7. The summed E-state index contributed by atoms with van der Waals surface area (Å²) in [5.74, 6) is -0.646. The Morgan fingerprint density at radius 3 is 2.58 bits per heavy atom. The molecule has 164 valence electrons. The van der Waals surface area contributed by atoms with Gasteiger partial charge in [-0.15, -0.1) is 11.3 Å². The number of aromatic nitrogens is 2. The van der Waals surface area contributed by atoms with E-state index in [-0.39, 0.29) is 11.4 Å². The zero-order chi connectivity index (χ0) is 23.4. The zero-order valence-corrected chi connectivity index (χ0v) is 17.6. The number of thiophene rings is 1. The van der Waals surface area contributed by atoms with E-state index in [4.69, 9.17) is 5.26 Å². The average Bonchev–Trinajstić information content (AvgIpc) is 3.49. The number of nitrogens with zero attached hydrogens (tertiary/aromatic N) is 4. The lowest BCUT2D eigenvalue weighted by molar-refractivity contribution is -0.137. The van der Waals surface area contributed by atoms with Crippen molar-refractivity contribution in [2.45, 2.75) is 6.18 Å². The number of alkyl halides is 3. The van der Waals surface area contributed by atoms with Gasteiger partial charge in [-0.05, 0) is 53.4 Å². The molecule has 0 fully saturated rings. The lowest BCUT2D eigenvalue weighted by Crippen LogP contribution is -2.21. The average molecular weight is 465 g/mol. The van der Waals surface area contributed by atoms with E-state index in [2.05, 4.69) is 15.6 Å². The predicted octanol–water partition coefficient (Wildman–Crippen LogP) is 5.26. The number of benzene rings is 2. The van der Waals surface area contributed by atoms with Crippen LogP contribution in [0.3, 0.4) is 0 Å². The molecule has 0 aliphatic carbocycles. The topological polar surface area (TPSA) is 83.1 Å². The molecule has 0 aliphatic heterocycles. The molecule has 1 amide bonds. The van der Waals surface area contributed by atoms with E-state index in [9.17, 15) is 18.0 Å². The second-order valence-electron chi connectivity index (χ2n) is 6.78. The fourth-order valence-corrected chi connectivity index (χ4v) is 3.65. The van der Waals surface area contributed by atoms with Crippen molar-refractivity contribution in [1.82, 2.24) is 15.2 Å². The molecule has 6 nitrogen and oxygen atoms in total. The molecule has 10 heteroatoms. The highest BCUT2D eigenvalue weighted by atomic mass is 32.1. The summed E-state index contributed by atoms with van der Waals surface area (Å²) in [6.45, 7) is 0. The van der Waals surface area contributed by atoms with Gasteiger partial charge in [0.1, 0.15) is 11.4 Å². The van der Waals surface area contributed by atoms with Crippen LogP contribution in [0.15, 0.2) is 77.2 Å². The van der Waals surface area contributed by atoms with Crippen molar-refractivity contribution in [3.63, 3.8) is 0 Å². The van der Waals surface area contributed by atoms with E-state index in [1.807, 2.05) is 17.5 Å². The maximum absolute atomic E-state index is 13.2. The Kier molecular flexibility index (Phi) is 6.06. The van der Waals surface area contributed by atoms with Gasteiger partial charge in [0.2, 0.25) is 0 Å². The second-order valence-corrected chi connectivity index (χ2v) is 7.73. The van der Waals surface area contributed by atoms with Crippen LogP contribution in [0.5, 0.6) is 0 Å². The van der Waals surface area contributed by atoms with Gasteiger partial charge in [-0.3, -0.25) is 4.79 Å². The van der Waals surface area contributed by atoms with Crippen molar-refractivity contribution in [3.8, 4) is 22.3 Å². The normalized spacial score (nSPS) is 11.5. The molecule has 0 unspecified atom stereocenters. The SMILES string of the molecule is N#Cc1ccc(C=NNC(=O)c2cc(-c3cccs3)nn2-c2cccc(C(F)(F)F)c2)cc1. The van der Waals surface area contributed by atoms with Gasteiger partial charge in [-0.25, -0.2) is 10.1 Å². The van der Waals surface area contributed by atoms with E-state index in [1.165, 1.54) is 35.8 Å². The van der Waals surface area contributed by atoms with Crippen LogP contribution >= 0.6 is 11.3 Å². The van der Waals surface area contributed by atoms with Crippen LogP contribution in [0.25, 0.3) is 16.3 Å². The third kappa shape index (κ3) is 4.99. The minimum atomic E-state index is -4.53. The fourth-order valence-electron chi connectivity index (χ4n) is 2.96. The van der Waals surface area contributed by atoms with E-state index in [0.29, 0.717) is 16.8 Å². The summed E-state index contributed by atoms with van der Waals surface area (Å²) in [6.07, 6.45) is -3.14. The van der Waals surface area contributed by atoms with Crippen LogP contribution in [-0.4, -0.2) is 21.9 Å². The van der Waals surface area contributed by atoms with E-state index >= 15 is 0 Å². The number of amides is 1. The lowest BCUT2D eigenvalue weighted by atomic mass is 10.2. The van der Waals surface area contributed by atoms with E-state index in [1.54, 1.807) is 30.3 Å². The minimum Gasteiger partial charge on any atom is -0.266 e. The van der Waals surface area contributed by atoms with Crippen molar-refractivity contribution < 1.29 is 18.0 Å². The first kappa shape index (κ1) is 22.0. The van der Waals surface area contributed by atoms with Crippen molar-refractivity contribution >= 4 is 23.5 Å². The van der Waals surface area contributed by atoms with Crippen LogP contribution in [0, 0.1) is 11.3 Å². The summed E-state index contributed by atoms with van der Waals surface area (Å²) in [6, 6.07) is 18.2. The van der Waals surface area contributed by atoms with Crippen molar-refractivity contribution in [1.29, 1.82) is 5.26 Å². The Labute approximate surface area is 190 Å². The first-order valence-corrected chi connectivity index (χ1v) is 10.4. The third-order valence-electron chi connectivity index (χ3n) is 4.55. The number of hydrazone groups is 1. The maximum Gasteiger partial charge on any atom is 0.416 e. The number of carbonyl (C=O) groups excluding carboxylic acids is 1. The van der Waals surface area contributed by atoms with Gasteiger partial charge < -0.3 is 0 Å². The summed E-state index contributed by atoms with van der Waals surface area (Å²) in [4.78, 5) is 13.6.